The molecule has 1 saturated carbocycles. The van der Waals surface area contributed by atoms with Crippen molar-refractivity contribution < 1.29 is 4.74 Å². The van der Waals surface area contributed by atoms with Crippen LogP contribution in [0.2, 0.25) is 0 Å². The second-order valence-electron chi connectivity index (χ2n) is 6.10. The number of ether oxygens (including phenoxy) is 1. The molecule has 2 heteroatoms. The third-order valence-corrected chi connectivity index (χ3v) is 4.88. The van der Waals surface area contributed by atoms with Gasteiger partial charge in [0.05, 0.1) is 0 Å². The van der Waals surface area contributed by atoms with Crippen molar-refractivity contribution in [2.45, 2.75) is 37.6 Å². The molecule has 3 rings (SSSR count). The lowest BCUT2D eigenvalue weighted by Crippen LogP contribution is -2.32. The van der Waals surface area contributed by atoms with Crippen molar-refractivity contribution in [3.63, 3.8) is 0 Å². The maximum absolute atomic E-state index is 5.46. The summed E-state index contributed by atoms with van der Waals surface area (Å²) < 4.78 is 5.46. The number of hydrogen-bond acceptors (Lipinski definition) is 2. The van der Waals surface area contributed by atoms with Gasteiger partial charge in [0, 0.05) is 19.3 Å². The summed E-state index contributed by atoms with van der Waals surface area (Å²) in [6, 6.07) is 11.7. The summed E-state index contributed by atoms with van der Waals surface area (Å²) in [5.74, 6) is 2.50. The molecule has 0 spiro atoms. The Bertz CT molecular complexity index is 386. The minimum Gasteiger partial charge on any atom is -0.381 e. The van der Waals surface area contributed by atoms with E-state index in [2.05, 4.69) is 42.7 Å². The smallest absolute Gasteiger partial charge is 0.0468 e. The Morgan fingerprint density at radius 2 is 1.95 bits per heavy atom. The zero-order valence-electron chi connectivity index (χ0n) is 11.8. The van der Waals surface area contributed by atoms with E-state index in [-0.39, 0.29) is 0 Å². The molecule has 0 radical (unpaired) electrons. The Labute approximate surface area is 116 Å². The topological polar surface area (TPSA) is 21.3 Å². The molecular formula is C17H25NO. The van der Waals surface area contributed by atoms with Crippen molar-refractivity contribution >= 4 is 0 Å². The fraction of sp³-hybridized carbons (Fsp3) is 0.647. The van der Waals surface area contributed by atoms with E-state index >= 15 is 0 Å². The molecule has 3 atom stereocenters. The summed E-state index contributed by atoms with van der Waals surface area (Å²) in [4.78, 5) is 0. The number of nitrogens with one attached hydrogen (secondary N) is 1. The van der Waals surface area contributed by atoms with Crippen LogP contribution in [0.15, 0.2) is 30.3 Å². The minimum atomic E-state index is 0.688. The van der Waals surface area contributed by atoms with E-state index in [9.17, 15) is 0 Å². The molecule has 0 bridgehead atoms. The molecule has 0 amide bonds. The van der Waals surface area contributed by atoms with Crippen molar-refractivity contribution in [2.75, 3.05) is 20.3 Å². The van der Waals surface area contributed by atoms with Crippen molar-refractivity contribution in [1.29, 1.82) is 0 Å². The van der Waals surface area contributed by atoms with Crippen LogP contribution in [0.3, 0.4) is 0 Å². The van der Waals surface area contributed by atoms with Crippen molar-refractivity contribution in [3.05, 3.63) is 35.9 Å². The molecule has 1 aliphatic carbocycles. The first-order chi connectivity index (χ1) is 9.38. The van der Waals surface area contributed by atoms with Gasteiger partial charge in [-0.05, 0) is 56.0 Å². The first kappa shape index (κ1) is 13.1. The largest absolute Gasteiger partial charge is 0.381 e. The molecule has 1 aromatic rings. The standard InChI is InChI=1S/C17H25NO/c1-18-17(11-13-7-9-19-10-8-13)16-12-15(16)14-5-3-2-4-6-14/h2-6,13,15-18H,7-12H2,1H3. The van der Waals surface area contributed by atoms with Crippen molar-refractivity contribution in [2.24, 2.45) is 11.8 Å². The van der Waals surface area contributed by atoms with E-state index < -0.39 is 0 Å². The predicted molar refractivity (Wildman–Crippen MR) is 78.3 cm³/mol. The highest BCUT2D eigenvalue weighted by atomic mass is 16.5. The van der Waals surface area contributed by atoms with E-state index in [1.807, 2.05) is 0 Å². The molecule has 2 fully saturated rings. The monoisotopic (exact) mass is 259 g/mol. The summed E-state index contributed by atoms with van der Waals surface area (Å²) in [5.41, 5.74) is 1.53. The van der Waals surface area contributed by atoms with Crippen molar-refractivity contribution in [1.82, 2.24) is 5.32 Å². The fourth-order valence-corrected chi connectivity index (χ4v) is 3.59. The Kier molecular flexibility index (Phi) is 4.19. The van der Waals surface area contributed by atoms with Crippen LogP contribution in [-0.2, 0) is 4.74 Å². The van der Waals surface area contributed by atoms with Gasteiger partial charge in [-0.25, -0.2) is 0 Å². The molecule has 1 heterocycles. The van der Waals surface area contributed by atoms with E-state index in [0.29, 0.717) is 6.04 Å². The molecule has 1 aliphatic heterocycles. The Hall–Kier alpha value is -0.860. The van der Waals surface area contributed by atoms with Gasteiger partial charge in [-0.1, -0.05) is 30.3 Å². The maximum atomic E-state index is 5.46. The van der Waals surface area contributed by atoms with Gasteiger partial charge in [-0.15, -0.1) is 0 Å². The molecule has 0 aromatic heterocycles. The second kappa shape index (κ2) is 6.06. The zero-order chi connectivity index (χ0) is 13.1. The van der Waals surface area contributed by atoms with Crippen LogP contribution in [0.4, 0.5) is 0 Å². The number of hydrogen-bond donors (Lipinski definition) is 1. The molecule has 104 valence electrons. The summed E-state index contributed by atoms with van der Waals surface area (Å²) >= 11 is 0. The fourth-order valence-electron chi connectivity index (χ4n) is 3.59. The van der Waals surface area contributed by atoms with Crippen LogP contribution in [0, 0.1) is 11.8 Å². The molecule has 1 saturated heterocycles. The van der Waals surface area contributed by atoms with E-state index in [1.54, 1.807) is 0 Å². The molecule has 2 nitrogen and oxygen atoms in total. The lowest BCUT2D eigenvalue weighted by molar-refractivity contribution is 0.0599. The molecule has 3 unspecified atom stereocenters. The third kappa shape index (κ3) is 3.18. The number of benzene rings is 1. The summed E-state index contributed by atoms with van der Waals surface area (Å²) in [7, 11) is 2.13. The lowest BCUT2D eigenvalue weighted by Gasteiger charge is -2.26. The van der Waals surface area contributed by atoms with Crippen LogP contribution >= 0.6 is 0 Å². The van der Waals surface area contributed by atoms with Crippen LogP contribution < -0.4 is 5.32 Å². The summed E-state index contributed by atoms with van der Waals surface area (Å²) in [5, 5.41) is 3.57. The van der Waals surface area contributed by atoms with E-state index in [0.717, 1.165) is 31.0 Å². The summed E-state index contributed by atoms with van der Waals surface area (Å²) in [6.07, 6.45) is 5.19. The Morgan fingerprint density at radius 1 is 1.21 bits per heavy atom. The zero-order valence-corrected chi connectivity index (χ0v) is 11.8. The van der Waals surface area contributed by atoms with Crippen LogP contribution in [0.1, 0.15) is 37.2 Å². The molecule has 2 aliphatic rings. The quantitative estimate of drug-likeness (QED) is 0.877. The Balaban J connectivity index is 1.55. The second-order valence-corrected chi connectivity index (χ2v) is 6.10. The van der Waals surface area contributed by atoms with Crippen molar-refractivity contribution in [3.8, 4) is 0 Å². The first-order valence-corrected chi connectivity index (χ1v) is 7.68. The van der Waals surface area contributed by atoms with Gasteiger partial charge in [-0.3, -0.25) is 0 Å². The molecule has 1 N–H and O–H groups in total. The van der Waals surface area contributed by atoms with Gasteiger partial charge in [0.2, 0.25) is 0 Å². The highest BCUT2D eigenvalue weighted by Crippen LogP contribution is 2.50. The predicted octanol–water partition coefficient (Wildman–Crippen LogP) is 3.19. The summed E-state index contributed by atoms with van der Waals surface area (Å²) in [6.45, 7) is 1.93. The highest BCUT2D eigenvalue weighted by molar-refractivity contribution is 5.26. The molecule has 1 aromatic carbocycles. The first-order valence-electron chi connectivity index (χ1n) is 7.68. The molecular weight excluding hydrogens is 234 g/mol. The minimum absolute atomic E-state index is 0.688. The van der Waals surface area contributed by atoms with Gasteiger partial charge in [0.1, 0.15) is 0 Å². The Morgan fingerprint density at radius 3 is 2.63 bits per heavy atom. The van der Waals surface area contributed by atoms with Crippen LogP contribution in [-0.4, -0.2) is 26.3 Å². The van der Waals surface area contributed by atoms with Gasteiger partial charge in [-0.2, -0.15) is 0 Å². The highest BCUT2D eigenvalue weighted by Gasteiger charge is 2.43. The average molecular weight is 259 g/mol. The van der Waals surface area contributed by atoms with Gasteiger partial charge >= 0.3 is 0 Å². The van der Waals surface area contributed by atoms with E-state index in [1.165, 1.54) is 31.2 Å². The van der Waals surface area contributed by atoms with Crippen LogP contribution in [0.25, 0.3) is 0 Å². The SMILES string of the molecule is CNC(CC1CCOCC1)C1CC1c1ccccc1. The number of rotatable bonds is 5. The van der Waals surface area contributed by atoms with Gasteiger partial charge < -0.3 is 10.1 Å². The third-order valence-electron chi connectivity index (χ3n) is 4.88. The van der Waals surface area contributed by atoms with Gasteiger partial charge in [0.15, 0.2) is 0 Å². The maximum Gasteiger partial charge on any atom is 0.0468 e. The van der Waals surface area contributed by atoms with Gasteiger partial charge in [0.25, 0.3) is 0 Å². The van der Waals surface area contributed by atoms with E-state index in [4.69, 9.17) is 4.74 Å². The van der Waals surface area contributed by atoms with Crippen LogP contribution in [0.5, 0.6) is 0 Å². The average Bonchev–Trinajstić information content (AvgIpc) is 3.27. The molecule has 19 heavy (non-hydrogen) atoms. The lowest BCUT2D eigenvalue weighted by atomic mass is 9.90. The normalized spacial score (nSPS) is 29.1.